The summed E-state index contributed by atoms with van der Waals surface area (Å²) < 4.78 is 36.3. The number of hydrogen-bond acceptors (Lipinski definition) is 9. The van der Waals surface area contributed by atoms with E-state index in [1.165, 1.54) is 141 Å². The maximum atomic E-state index is 8.95. The number of aliphatic hydroxyl groups excluding tert-OH is 2. The number of ether oxygens (including phenoxy) is 6. The van der Waals surface area contributed by atoms with Gasteiger partial charge < -0.3 is 43.1 Å². The molecular weight excluding hydrogens is 822 g/mol. The Kier molecular flexibility index (Phi) is 56.7. The van der Waals surface area contributed by atoms with Crippen molar-refractivity contribution < 1.29 is 43.1 Å². The lowest BCUT2D eigenvalue weighted by Crippen LogP contribution is -2.48. The Morgan fingerprint density at radius 3 is 1.34 bits per heavy atom. The van der Waals surface area contributed by atoms with Crippen LogP contribution in [0.1, 0.15) is 194 Å². The van der Waals surface area contributed by atoms with Crippen molar-refractivity contribution in [1.82, 2.24) is 0 Å². The molecule has 0 heterocycles. The van der Waals surface area contributed by atoms with Gasteiger partial charge in [0.2, 0.25) is 0 Å². The number of allylic oxidation sites excluding steroid dienone is 4. The van der Waals surface area contributed by atoms with Gasteiger partial charge in [-0.2, -0.15) is 0 Å². The van der Waals surface area contributed by atoms with Gasteiger partial charge in [-0.1, -0.05) is 153 Å². The van der Waals surface area contributed by atoms with Crippen LogP contribution in [0.3, 0.4) is 0 Å². The standard InChI is InChI=1S/C51H102NO8.ClHS/c1-5-7-9-11-13-15-17-19-21-23-25-27-29-34-40-57-49-50(58-41-35-30-28-26-24-22-20-18-16-14-12-10-8-6-2)48-52(3,4)37-33-31-32-36-51(59-46-44-55-42-38-53)60-47-45-56-43-39-54;1-2/h11-14,50-51,53-54H,5-10,15-49H2,1-4H3;2H/q+1;/b13-11-,14-12-;. The van der Waals surface area contributed by atoms with E-state index in [1.807, 2.05) is 0 Å². The van der Waals surface area contributed by atoms with Gasteiger partial charge in [-0.05, 0) is 87.7 Å². The van der Waals surface area contributed by atoms with Crippen LogP contribution in [0.25, 0.3) is 0 Å². The molecule has 372 valence electrons. The van der Waals surface area contributed by atoms with Crippen LogP contribution >= 0.6 is 22.5 Å². The molecule has 0 aromatic carbocycles. The second-order valence-corrected chi connectivity index (χ2v) is 17.6. The minimum absolute atomic E-state index is 0.00729. The molecule has 1 unspecified atom stereocenters. The van der Waals surface area contributed by atoms with Crippen molar-refractivity contribution in [2.75, 3.05) is 99.9 Å². The summed E-state index contributed by atoms with van der Waals surface area (Å²) in [5.41, 5.74) is 0. The minimum Gasteiger partial charge on any atom is -0.394 e. The predicted molar refractivity (Wildman–Crippen MR) is 268 cm³/mol. The molecule has 1 atom stereocenters. The normalized spacial score (nSPS) is 12.6. The zero-order valence-corrected chi connectivity index (χ0v) is 42.7. The molecule has 0 aliphatic heterocycles. The Morgan fingerprint density at radius 2 is 0.871 bits per heavy atom. The van der Waals surface area contributed by atoms with Crippen molar-refractivity contribution in [3.63, 3.8) is 0 Å². The molecule has 0 aromatic rings. The number of thiol groups is 1. The summed E-state index contributed by atoms with van der Waals surface area (Å²) in [6, 6.07) is 0. The molecule has 62 heavy (non-hydrogen) atoms. The van der Waals surface area contributed by atoms with Crippen LogP contribution in [0.4, 0.5) is 0 Å². The number of rotatable bonds is 51. The highest BCUT2D eigenvalue weighted by atomic mass is 35.7. The molecule has 0 fully saturated rings. The second kappa shape index (κ2) is 55.1. The molecule has 2 N–H and O–H groups in total. The van der Waals surface area contributed by atoms with E-state index in [2.05, 4.69) is 74.8 Å². The SMILES string of the molecule is CCCC/C=C\CCCCCCCCCCOCC(C[N+](C)(C)CCCCCC(OCCOCCO)OCCOCCO)OCCCCCCCCCC/C=C\CCCC.SCl. The summed E-state index contributed by atoms with van der Waals surface area (Å²) in [5.74, 6) is 0. The van der Waals surface area contributed by atoms with E-state index in [9.17, 15) is 0 Å². The highest BCUT2D eigenvalue weighted by molar-refractivity contribution is 8.05. The monoisotopic (exact) mass is 925 g/mol. The predicted octanol–water partition coefficient (Wildman–Crippen LogP) is 13.0. The summed E-state index contributed by atoms with van der Waals surface area (Å²) in [6.45, 7) is 11.2. The van der Waals surface area contributed by atoms with E-state index in [4.69, 9.17) is 38.6 Å². The van der Waals surface area contributed by atoms with Crippen LogP contribution in [0.15, 0.2) is 24.3 Å². The van der Waals surface area contributed by atoms with Crippen LogP contribution in [0.5, 0.6) is 0 Å². The Bertz CT molecular complexity index is 873. The van der Waals surface area contributed by atoms with Gasteiger partial charge in [0.25, 0.3) is 0 Å². The molecule has 0 amide bonds. The molecule has 0 aliphatic rings. The van der Waals surface area contributed by atoms with Crippen molar-refractivity contribution in [3.05, 3.63) is 24.3 Å². The third-order valence-corrected chi connectivity index (χ3v) is 11.0. The second-order valence-electron chi connectivity index (χ2n) is 17.6. The van der Waals surface area contributed by atoms with E-state index < -0.39 is 0 Å². The van der Waals surface area contributed by atoms with Crippen molar-refractivity contribution in [3.8, 4) is 0 Å². The van der Waals surface area contributed by atoms with Gasteiger partial charge in [-0.25, -0.2) is 0 Å². The van der Waals surface area contributed by atoms with E-state index in [0.29, 0.717) is 46.2 Å². The lowest BCUT2D eigenvalue weighted by molar-refractivity contribution is -0.893. The molecule has 0 rings (SSSR count). The third kappa shape index (κ3) is 52.4. The average molecular weight is 926 g/mol. The third-order valence-electron chi connectivity index (χ3n) is 11.0. The molecule has 0 aliphatic carbocycles. The number of hydrogen-bond donors (Lipinski definition) is 3. The highest BCUT2D eigenvalue weighted by Crippen LogP contribution is 2.15. The molecule has 0 saturated heterocycles. The van der Waals surface area contributed by atoms with Crippen molar-refractivity contribution >= 4 is 22.5 Å². The molecule has 0 spiro atoms. The Morgan fingerprint density at radius 1 is 0.452 bits per heavy atom. The van der Waals surface area contributed by atoms with Gasteiger partial charge in [0.05, 0.1) is 80.1 Å². The molecule has 0 bridgehead atoms. The quantitative estimate of drug-likeness (QED) is 0.0183. The average Bonchev–Trinajstić information content (AvgIpc) is 3.27. The minimum atomic E-state index is -0.317. The number of nitrogens with zero attached hydrogens (tertiary/aromatic N) is 1. The smallest absolute Gasteiger partial charge is 0.157 e. The van der Waals surface area contributed by atoms with Crippen LogP contribution in [0.2, 0.25) is 0 Å². The van der Waals surface area contributed by atoms with Gasteiger partial charge in [0.15, 0.2) is 6.29 Å². The largest absolute Gasteiger partial charge is 0.394 e. The van der Waals surface area contributed by atoms with Gasteiger partial charge in [-0.3, -0.25) is 0 Å². The van der Waals surface area contributed by atoms with Crippen LogP contribution in [-0.2, 0) is 28.4 Å². The number of halogens is 1. The fourth-order valence-corrected chi connectivity index (χ4v) is 7.38. The maximum Gasteiger partial charge on any atom is 0.157 e. The zero-order chi connectivity index (χ0) is 45.7. The van der Waals surface area contributed by atoms with Gasteiger partial charge in [-0.15, -0.1) is 0 Å². The first kappa shape index (κ1) is 63.8. The molecule has 0 aromatic heterocycles. The summed E-state index contributed by atoms with van der Waals surface area (Å²) in [4.78, 5) is 0. The highest BCUT2D eigenvalue weighted by Gasteiger charge is 2.23. The van der Waals surface area contributed by atoms with Gasteiger partial charge in [0.1, 0.15) is 12.6 Å². The topological polar surface area (TPSA) is 95.8 Å². The lowest BCUT2D eigenvalue weighted by Gasteiger charge is -2.33. The number of unbranched alkanes of at least 4 members (excludes halogenated alkanes) is 22. The molecular formula is C51H103ClNO8S+. The Hall–Kier alpha value is -0.240. The number of aliphatic hydroxyl groups is 2. The number of likely N-dealkylation sites (N-methyl/N-ethyl adjacent to an activating group) is 1. The van der Waals surface area contributed by atoms with E-state index >= 15 is 0 Å². The van der Waals surface area contributed by atoms with Crippen LogP contribution < -0.4 is 0 Å². The summed E-state index contributed by atoms with van der Waals surface area (Å²) in [7, 11) is 8.99. The maximum absolute atomic E-state index is 8.95. The molecule has 0 radical (unpaired) electrons. The van der Waals surface area contributed by atoms with Crippen molar-refractivity contribution in [2.24, 2.45) is 0 Å². The molecule has 0 saturated carbocycles. The first-order valence-electron chi connectivity index (χ1n) is 25.6. The summed E-state index contributed by atoms with van der Waals surface area (Å²) >= 11 is 3.00. The Labute approximate surface area is 394 Å². The van der Waals surface area contributed by atoms with Crippen LogP contribution in [-0.4, -0.2) is 127 Å². The molecule has 9 nitrogen and oxygen atoms in total. The molecule has 11 heteroatoms. The Balaban J connectivity index is 0. The lowest BCUT2D eigenvalue weighted by atomic mass is 10.1. The van der Waals surface area contributed by atoms with Gasteiger partial charge >= 0.3 is 0 Å². The zero-order valence-electron chi connectivity index (χ0n) is 41.1. The number of quaternary nitrogens is 1. The van der Waals surface area contributed by atoms with E-state index in [0.717, 1.165) is 69.3 Å². The van der Waals surface area contributed by atoms with Crippen molar-refractivity contribution in [1.29, 1.82) is 0 Å². The van der Waals surface area contributed by atoms with Gasteiger partial charge in [0, 0.05) is 13.2 Å². The van der Waals surface area contributed by atoms with E-state index in [1.54, 1.807) is 0 Å². The first-order chi connectivity index (χ1) is 30.5. The first-order valence-corrected chi connectivity index (χ1v) is 26.9. The van der Waals surface area contributed by atoms with Crippen molar-refractivity contribution in [2.45, 2.75) is 206 Å². The fraction of sp³-hybridized carbons (Fsp3) is 0.922. The van der Waals surface area contributed by atoms with Crippen LogP contribution in [0, 0.1) is 0 Å². The summed E-state index contributed by atoms with van der Waals surface area (Å²) in [6.07, 6.45) is 44.6. The summed E-state index contributed by atoms with van der Waals surface area (Å²) in [5, 5.41) is 17.9. The fourth-order valence-electron chi connectivity index (χ4n) is 7.38. The van der Waals surface area contributed by atoms with E-state index in [-0.39, 0.29) is 25.6 Å².